The molecule has 0 saturated carbocycles. The number of hydrogen-bond acceptors (Lipinski definition) is 6. The first kappa shape index (κ1) is 17.3. The first-order valence-electron chi connectivity index (χ1n) is 9.00. The van der Waals surface area contributed by atoms with Crippen molar-refractivity contribution >= 4 is 22.8 Å². The molecular formula is C19H22N6O2. The molecule has 1 aliphatic heterocycles. The molecule has 0 spiro atoms. The zero-order valence-electron chi connectivity index (χ0n) is 15.4. The van der Waals surface area contributed by atoms with E-state index in [0.717, 1.165) is 35.5 Å². The Bertz CT molecular complexity index is 962. The molecule has 8 heteroatoms. The summed E-state index contributed by atoms with van der Waals surface area (Å²) in [4.78, 5) is 30.5. The van der Waals surface area contributed by atoms with Crippen molar-refractivity contribution in [3.05, 3.63) is 42.0 Å². The number of nitrogens with one attached hydrogen (secondary N) is 2. The van der Waals surface area contributed by atoms with E-state index in [9.17, 15) is 4.79 Å². The Morgan fingerprint density at radius 3 is 2.85 bits per heavy atom. The van der Waals surface area contributed by atoms with Crippen LogP contribution in [0.1, 0.15) is 29.0 Å². The predicted octanol–water partition coefficient (Wildman–Crippen LogP) is 2.39. The van der Waals surface area contributed by atoms with E-state index >= 15 is 0 Å². The van der Waals surface area contributed by atoms with E-state index in [-0.39, 0.29) is 11.9 Å². The van der Waals surface area contributed by atoms with Gasteiger partial charge in [0.2, 0.25) is 5.88 Å². The van der Waals surface area contributed by atoms with Gasteiger partial charge in [0.1, 0.15) is 18.0 Å². The number of piperidine rings is 1. The lowest BCUT2D eigenvalue weighted by Crippen LogP contribution is -2.42. The minimum atomic E-state index is 0.0614. The first-order valence-corrected chi connectivity index (χ1v) is 9.00. The smallest absolute Gasteiger partial charge is 0.253 e. The van der Waals surface area contributed by atoms with Gasteiger partial charge >= 0.3 is 0 Å². The summed E-state index contributed by atoms with van der Waals surface area (Å²) in [5.74, 6) is 2.19. The molecule has 2 N–H and O–H groups in total. The summed E-state index contributed by atoms with van der Waals surface area (Å²) < 4.78 is 5.12. The molecule has 3 aromatic rings. The van der Waals surface area contributed by atoms with Gasteiger partial charge in [-0.15, -0.1) is 0 Å². The van der Waals surface area contributed by atoms with E-state index in [2.05, 4.69) is 25.3 Å². The summed E-state index contributed by atoms with van der Waals surface area (Å²) in [6.45, 7) is 3.32. The Kier molecular flexibility index (Phi) is 4.62. The molecule has 1 amide bonds. The number of anilines is 1. The van der Waals surface area contributed by atoms with Crippen molar-refractivity contribution < 1.29 is 9.53 Å². The molecule has 2 aromatic heterocycles. The van der Waals surface area contributed by atoms with Crippen LogP contribution >= 0.6 is 0 Å². The molecule has 1 saturated heterocycles. The van der Waals surface area contributed by atoms with Crippen LogP contribution in [-0.4, -0.2) is 57.0 Å². The zero-order chi connectivity index (χ0) is 18.8. The molecule has 1 aliphatic rings. The normalized spacial score (nSPS) is 15.1. The molecule has 140 valence electrons. The van der Waals surface area contributed by atoms with Gasteiger partial charge in [0.05, 0.1) is 18.1 Å². The van der Waals surface area contributed by atoms with Gasteiger partial charge in [-0.3, -0.25) is 4.79 Å². The van der Waals surface area contributed by atoms with Crippen LogP contribution in [0.3, 0.4) is 0 Å². The van der Waals surface area contributed by atoms with Crippen LogP contribution < -0.4 is 10.1 Å². The Balaban J connectivity index is 1.38. The van der Waals surface area contributed by atoms with Gasteiger partial charge in [0.15, 0.2) is 0 Å². The number of benzene rings is 1. The molecule has 27 heavy (non-hydrogen) atoms. The topological polar surface area (TPSA) is 96.0 Å². The minimum absolute atomic E-state index is 0.0614. The van der Waals surface area contributed by atoms with E-state index < -0.39 is 0 Å². The van der Waals surface area contributed by atoms with Crippen molar-refractivity contribution in [3.8, 4) is 5.88 Å². The lowest BCUT2D eigenvalue weighted by Gasteiger charge is -2.32. The molecule has 0 bridgehead atoms. The van der Waals surface area contributed by atoms with Gasteiger partial charge < -0.3 is 19.9 Å². The molecule has 4 rings (SSSR count). The lowest BCUT2D eigenvalue weighted by atomic mass is 10.0. The standard InChI is InChI=1S/C19H22N6O2/c1-12-22-15-4-3-13(9-16(15)23-12)19(26)25-7-5-14(6-8-25)24-17-10-18(27-2)21-11-20-17/h3-4,9-11,14H,5-8H2,1-2H3,(H,22,23)(H,20,21,24). The van der Waals surface area contributed by atoms with Crippen LogP contribution in [0, 0.1) is 6.92 Å². The van der Waals surface area contributed by atoms with Crippen molar-refractivity contribution in [1.82, 2.24) is 24.8 Å². The molecule has 0 atom stereocenters. The second-order valence-electron chi connectivity index (χ2n) is 6.71. The van der Waals surface area contributed by atoms with Crippen molar-refractivity contribution in [2.45, 2.75) is 25.8 Å². The number of imidazole rings is 1. The molecule has 3 heterocycles. The van der Waals surface area contributed by atoms with Crippen LogP contribution in [0.15, 0.2) is 30.6 Å². The molecule has 8 nitrogen and oxygen atoms in total. The van der Waals surface area contributed by atoms with Crippen molar-refractivity contribution in [2.24, 2.45) is 0 Å². The second-order valence-corrected chi connectivity index (χ2v) is 6.71. The molecular weight excluding hydrogens is 344 g/mol. The summed E-state index contributed by atoms with van der Waals surface area (Å²) in [6.07, 6.45) is 3.21. The number of hydrogen-bond donors (Lipinski definition) is 2. The highest BCUT2D eigenvalue weighted by Gasteiger charge is 2.24. The number of H-pyrrole nitrogens is 1. The quantitative estimate of drug-likeness (QED) is 0.736. The van der Waals surface area contributed by atoms with Crippen LogP contribution in [0.4, 0.5) is 5.82 Å². The predicted molar refractivity (Wildman–Crippen MR) is 102 cm³/mol. The number of carbonyl (C=O) groups excluding carboxylic acids is 1. The Morgan fingerprint density at radius 2 is 2.07 bits per heavy atom. The fraction of sp³-hybridized carbons (Fsp3) is 0.368. The third-order valence-electron chi connectivity index (χ3n) is 4.83. The van der Waals surface area contributed by atoms with Gasteiger partial charge in [0.25, 0.3) is 5.91 Å². The fourth-order valence-corrected chi connectivity index (χ4v) is 3.42. The number of aryl methyl sites for hydroxylation is 1. The zero-order valence-corrected chi connectivity index (χ0v) is 15.4. The Labute approximate surface area is 157 Å². The molecule has 0 unspecified atom stereocenters. The van der Waals surface area contributed by atoms with Crippen molar-refractivity contribution in [3.63, 3.8) is 0 Å². The van der Waals surface area contributed by atoms with Gasteiger partial charge in [0, 0.05) is 30.8 Å². The van der Waals surface area contributed by atoms with Crippen LogP contribution in [-0.2, 0) is 0 Å². The van der Waals surface area contributed by atoms with E-state index in [0.29, 0.717) is 24.5 Å². The summed E-state index contributed by atoms with van der Waals surface area (Å²) in [7, 11) is 1.58. The molecule has 0 radical (unpaired) electrons. The fourth-order valence-electron chi connectivity index (χ4n) is 3.42. The molecule has 0 aliphatic carbocycles. The lowest BCUT2D eigenvalue weighted by molar-refractivity contribution is 0.0718. The number of nitrogens with zero attached hydrogens (tertiary/aromatic N) is 4. The van der Waals surface area contributed by atoms with E-state index in [1.807, 2.05) is 30.0 Å². The number of amides is 1. The molecule has 1 aromatic carbocycles. The van der Waals surface area contributed by atoms with Gasteiger partial charge in [-0.2, -0.15) is 0 Å². The van der Waals surface area contributed by atoms with Gasteiger partial charge in [-0.25, -0.2) is 15.0 Å². The average Bonchev–Trinajstić information content (AvgIpc) is 3.07. The minimum Gasteiger partial charge on any atom is -0.481 e. The highest BCUT2D eigenvalue weighted by atomic mass is 16.5. The highest BCUT2D eigenvalue weighted by molar-refractivity contribution is 5.97. The second kappa shape index (κ2) is 7.22. The van der Waals surface area contributed by atoms with Gasteiger partial charge in [-0.05, 0) is 38.0 Å². The van der Waals surface area contributed by atoms with Crippen LogP contribution in [0.25, 0.3) is 11.0 Å². The summed E-state index contributed by atoms with van der Waals surface area (Å²) >= 11 is 0. The number of ether oxygens (including phenoxy) is 1. The number of rotatable bonds is 4. The highest BCUT2D eigenvalue weighted by Crippen LogP contribution is 2.20. The molecule has 1 fully saturated rings. The first-order chi connectivity index (χ1) is 13.1. The van der Waals surface area contributed by atoms with Crippen molar-refractivity contribution in [1.29, 1.82) is 0 Å². The van der Waals surface area contributed by atoms with E-state index in [1.54, 1.807) is 13.2 Å². The number of aromatic amines is 1. The monoisotopic (exact) mass is 366 g/mol. The summed E-state index contributed by atoms with van der Waals surface area (Å²) in [6, 6.07) is 7.67. The Morgan fingerprint density at radius 1 is 1.26 bits per heavy atom. The summed E-state index contributed by atoms with van der Waals surface area (Å²) in [5, 5.41) is 3.40. The SMILES string of the molecule is COc1cc(NC2CCN(C(=O)c3ccc4nc(C)[nH]c4c3)CC2)ncn1. The largest absolute Gasteiger partial charge is 0.481 e. The van der Waals surface area contributed by atoms with Crippen LogP contribution in [0.2, 0.25) is 0 Å². The third-order valence-corrected chi connectivity index (χ3v) is 4.83. The third kappa shape index (κ3) is 3.69. The number of likely N-dealkylation sites (tertiary alicyclic amines) is 1. The number of methoxy groups -OCH3 is 1. The maximum atomic E-state index is 12.8. The van der Waals surface area contributed by atoms with Crippen molar-refractivity contribution in [2.75, 3.05) is 25.5 Å². The Hall–Kier alpha value is -3.16. The van der Waals surface area contributed by atoms with E-state index in [4.69, 9.17) is 4.74 Å². The van der Waals surface area contributed by atoms with E-state index in [1.165, 1.54) is 6.33 Å². The average molecular weight is 366 g/mol. The number of aromatic nitrogens is 4. The maximum absolute atomic E-state index is 12.8. The maximum Gasteiger partial charge on any atom is 0.253 e. The number of fused-ring (bicyclic) bond motifs is 1. The summed E-state index contributed by atoms with van der Waals surface area (Å²) in [5.41, 5.74) is 2.47. The van der Waals surface area contributed by atoms with Crippen LogP contribution in [0.5, 0.6) is 5.88 Å². The van der Waals surface area contributed by atoms with Gasteiger partial charge in [-0.1, -0.05) is 0 Å². The number of carbonyl (C=O) groups is 1.